The number of rotatable bonds is 8. The van der Waals surface area contributed by atoms with Gasteiger partial charge >= 0.3 is 6.09 Å². The molecule has 0 spiro atoms. The van der Waals surface area contributed by atoms with Crippen molar-refractivity contribution in [1.82, 2.24) is 4.90 Å². The molecule has 37 heavy (non-hydrogen) atoms. The summed E-state index contributed by atoms with van der Waals surface area (Å²) < 4.78 is 22.4. The van der Waals surface area contributed by atoms with Crippen LogP contribution in [0.15, 0.2) is 82.6 Å². The molecule has 1 aliphatic rings. The second-order valence-electron chi connectivity index (χ2n) is 8.54. The summed E-state index contributed by atoms with van der Waals surface area (Å²) in [5.74, 6) is 1.18. The predicted octanol–water partition coefficient (Wildman–Crippen LogP) is 5.91. The van der Waals surface area contributed by atoms with Gasteiger partial charge in [-0.15, -0.1) is 0 Å². The zero-order valence-electron chi connectivity index (χ0n) is 20.8. The quantitative estimate of drug-likeness (QED) is 0.295. The molecule has 0 N–H and O–H groups in total. The lowest BCUT2D eigenvalue weighted by Crippen LogP contribution is -2.47. The molecular weight excluding hydrogens is 585 g/mol. The number of allylic oxidation sites excluding steroid dienone is 1. The van der Waals surface area contributed by atoms with Crippen LogP contribution >= 0.6 is 22.6 Å². The van der Waals surface area contributed by atoms with E-state index in [9.17, 15) is 9.59 Å². The van der Waals surface area contributed by atoms with E-state index in [0.29, 0.717) is 27.2 Å². The van der Waals surface area contributed by atoms with Gasteiger partial charge in [0.15, 0.2) is 5.78 Å². The van der Waals surface area contributed by atoms with Gasteiger partial charge in [0.1, 0.15) is 23.9 Å². The predicted molar refractivity (Wildman–Crippen MR) is 148 cm³/mol. The molecule has 8 heteroatoms. The van der Waals surface area contributed by atoms with E-state index < -0.39 is 18.1 Å². The van der Waals surface area contributed by atoms with E-state index in [1.165, 1.54) is 4.90 Å². The minimum absolute atomic E-state index is 0.0687. The molecule has 0 saturated heterocycles. The highest BCUT2D eigenvalue weighted by Crippen LogP contribution is 2.38. The van der Waals surface area contributed by atoms with Crippen LogP contribution in [0, 0.1) is 0 Å². The van der Waals surface area contributed by atoms with E-state index in [1.807, 2.05) is 89.3 Å². The summed E-state index contributed by atoms with van der Waals surface area (Å²) in [7, 11) is 4.75. The maximum Gasteiger partial charge on any atom is 0.414 e. The van der Waals surface area contributed by atoms with Gasteiger partial charge in [-0.05, 0) is 70.0 Å². The lowest BCUT2D eigenvalue weighted by molar-refractivity contribution is -0.118. The van der Waals surface area contributed by atoms with Gasteiger partial charge in [0.25, 0.3) is 0 Å². The smallest absolute Gasteiger partial charge is 0.414 e. The van der Waals surface area contributed by atoms with E-state index >= 15 is 0 Å². The topological polar surface area (TPSA) is 74.3 Å². The Morgan fingerprint density at radius 1 is 0.838 bits per heavy atom. The van der Waals surface area contributed by atoms with Crippen LogP contribution in [0.25, 0.3) is 0 Å². The summed E-state index contributed by atoms with van der Waals surface area (Å²) in [6, 6.07) is 21.9. The van der Waals surface area contributed by atoms with Gasteiger partial charge < -0.3 is 18.9 Å². The number of hydrogen-bond donors (Lipinski definition) is 0. The highest BCUT2D eigenvalue weighted by molar-refractivity contribution is 14.1. The first-order valence-electron chi connectivity index (χ1n) is 11.7. The Labute approximate surface area is 230 Å². The van der Waals surface area contributed by atoms with Gasteiger partial charge in [0.05, 0.1) is 36.9 Å². The maximum atomic E-state index is 13.6. The molecule has 0 aromatic heterocycles. The Hall–Kier alpha value is -3.53. The highest BCUT2D eigenvalue weighted by atomic mass is 127. The number of Topliss-reactive ketones (excluding diaryl/α,β-unsaturated/α-hetero) is 1. The normalized spacial score (nSPS) is 17.1. The first kappa shape index (κ1) is 26.5. The van der Waals surface area contributed by atoms with Crippen molar-refractivity contribution in [2.45, 2.75) is 25.0 Å². The molecule has 3 aromatic rings. The zero-order valence-corrected chi connectivity index (χ0v) is 23.0. The molecule has 2 unspecified atom stereocenters. The Balaban J connectivity index is 1.74. The van der Waals surface area contributed by atoms with Gasteiger partial charge in [-0.25, -0.2) is 4.79 Å². The van der Waals surface area contributed by atoms with Crippen LogP contribution in [0.4, 0.5) is 4.79 Å². The number of amides is 1. The van der Waals surface area contributed by atoms with Crippen molar-refractivity contribution in [2.75, 3.05) is 21.3 Å². The molecule has 4 rings (SSSR count). The Bertz CT molecular complexity index is 1270. The van der Waals surface area contributed by atoms with Crippen LogP contribution in [-0.4, -0.2) is 44.1 Å². The van der Waals surface area contributed by atoms with Crippen LogP contribution in [0.1, 0.15) is 22.6 Å². The lowest BCUT2D eigenvalue weighted by atomic mass is 9.81. The number of carbonyl (C=O) groups excluding carboxylic acids is 2. The molecule has 1 amide bonds. The van der Waals surface area contributed by atoms with Gasteiger partial charge in [0, 0.05) is 12.3 Å². The number of benzene rings is 3. The Morgan fingerprint density at radius 3 is 2.16 bits per heavy atom. The van der Waals surface area contributed by atoms with E-state index in [0.717, 1.165) is 16.7 Å². The standard InChI is InChI=1S/C29H28INO6/c1-34-22-11-7-10-21(15-22)27-26(14-20-12-23(35-2)16-24(13-20)36-3)31(17-25(30)28(27)32)29(33)37-18-19-8-5-4-6-9-19/h4-13,15-17,26-27H,14,18H2,1-3H3. The SMILES string of the molecule is COc1cc(CC2C(c3cccc(OC)c3)C(=O)C(I)=CN2C(=O)OCc2ccccc2)cc(OC)c1. The summed E-state index contributed by atoms with van der Waals surface area (Å²) in [5, 5.41) is 0. The fourth-order valence-corrected chi connectivity index (χ4v) is 5.03. The zero-order chi connectivity index (χ0) is 26.4. The fourth-order valence-electron chi connectivity index (χ4n) is 4.40. The molecule has 0 aliphatic carbocycles. The molecular formula is C29H28INO6. The van der Waals surface area contributed by atoms with Crippen molar-refractivity contribution in [2.24, 2.45) is 0 Å². The third-order valence-electron chi connectivity index (χ3n) is 6.24. The van der Waals surface area contributed by atoms with Crippen molar-refractivity contribution in [3.63, 3.8) is 0 Å². The highest BCUT2D eigenvalue weighted by Gasteiger charge is 2.41. The van der Waals surface area contributed by atoms with Crippen molar-refractivity contribution < 1.29 is 28.5 Å². The molecule has 7 nitrogen and oxygen atoms in total. The summed E-state index contributed by atoms with van der Waals surface area (Å²) in [4.78, 5) is 28.5. The summed E-state index contributed by atoms with van der Waals surface area (Å²) in [5.41, 5.74) is 2.49. The molecule has 2 atom stereocenters. The minimum atomic E-state index is -0.631. The van der Waals surface area contributed by atoms with Crippen molar-refractivity contribution in [3.8, 4) is 17.2 Å². The molecule has 0 fully saturated rings. The monoisotopic (exact) mass is 613 g/mol. The number of methoxy groups -OCH3 is 3. The molecule has 192 valence electrons. The van der Waals surface area contributed by atoms with E-state index in [4.69, 9.17) is 18.9 Å². The first-order chi connectivity index (χ1) is 17.9. The average molecular weight is 613 g/mol. The van der Waals surface area contributed by atoms with Crippen molar-refractivity contribution in [1.29, 1.82) is 0 Å². The van der Waals surface area contributed by atoms with Crippen molar-refractivity contribution in [3.05, 3.63) is 99.3 Å². The Morgan fingerprint density at radius 2 is 1.51 bits per heavy atom. The number of halogens is 1. The van der Waals surface area contributed by atoms with Crippen LogP contribution in [-0.2, 0) is 22.6 Å². The molecule has 1 aliphatic heterocycles. The van der Waals surface area contributed by atoms with Crippen LogP contribution in [0.2, 0.25) is 0 Å². The Kier molecular flexibility index (Phi) is 8.70. The molecule has 1 heterocycles. The van der Waals surface area contributed by atoms with Gasteiger partial charge in [-0.2, -0.15) is 0 Å². The van der Waals surface area contributed by atoms with Gasteiger partial charge in [-0.3, -0.25) is 9.69 Å². The second-order valence-corrected chi connectivity index (χ2v) is 9.70. The summed E-state index contributed by atoms with van der Waals surface area (Å²) in [6.45, 7) is 0.123. The lowest BCUT2D eigenvalue weighted by Gasteiger charge is -2.37. The number of nitrogens with zero attached hydrogens (tertiary/aromatic N) is 1. The maximum absolute atomic E-state index is 13.6. The molecule has 3 aromatic carbocycles. The number of ether oxygens (including phenoxy) is 4. The average Bonchev–Trinajstić information content (AvgIpc) is 2.94. The third-order valence-corrected chi connectivity index (χ3v) is 7.05. The number of ketones is 1. The van der Waals surface area contributed by atoms with Crippen LogP contribution in [0.5, 0.6) is 17.2 Å². The first-order valence-corrected chi connectivity index (χ1v) is 12.8. The van der Waals surface area contributed by atoms with E-state index in [1.54, 1.807) is 33.6 Å². The van der Waals surface area contributed by atoms with Gasteiger partial charge in [-0.1, -0.05) is 42.5 Å². The van der Waals surface area contributed by atoms with Crippen molar-refractivity contribution >= 4 is 34.5 Å². The summed E-state index contributed by atoms with van der Waals surface area (Å²) >= 11 is 1.99. The summed E-state index contributed by atoms with van der Waals surface area (Å²) in [6.07, 6.45) is 1.41. The molecule has 0 radical (unpaired) electrons. The van der Waals surface area contributed by atoms with Crippen LogP contribution in [0.3, 0.4) is 0 Å². The van der Waals surface area contributed by atoms with E-state index in [2.05, 4.69) is 0 Å². The third kappa shape index (κ3) is 6.25. The van der Waals surface area contributed by atoms with E-state index in [-0.39, 0.29) is 12.4 Å². The second kappa shape index (κ2) is 12.1. The fraction of sp³-hybridized carbons (Fsp3) is 0.241. The molecule has 0 bridgehead atoms. The largest absolute Gasteiger partial charge is 0.497 e. The van der Waals surface area contributed by atoms with Gasteiger partial charge in [0.2, 0.25) is 0 Å². The number of carbonyl (C=O) groups is 2. The minimum Gasteiger partial charge on any atom is -0.497 e. The van der Waals surface area contributed by atoms with Crippen LogP contribution < -0.4 is 14.2 Å². The molecule has 0 saturated carbocycles. The number of hydrogen-bond acceptors (Lipinski definition) is 6.